The van der Waals surface area contributed by atoms with E-state index in [1.54, 1.807) is 6.07 Å². The molecule has 0 aliphatic carbocycles. The van der Waals surface area contributed by atoms with Crippen LogP contribution in [0, 0.1) is 0 Å². The maximum atomic E-state index is 12.3. The number of rotatable bonds is 8. The molecule has 5 nitrogen and oxygen atoms in total. The van der Waals surface area contributed by atoms with Crippen LogP contribution in [0.25, 0.3) is 0 Å². The molecular formula is C14H20F3N3O2. The molecule has 124 valence electrons. The largest absolute Gasteiger partial charge is 0.573 e. The van der Waals surface area contributed by atoms with Gasteiger partial charge in [-0.05, 0) is 31.9 Å². The van der Waals surface area contributed by atoms with Crippen LogP contribution < -0.4 is 15.8 Å². The van der Waals surface area contributed by atoms with Crippen molar-refractivity contribution in [3.8, 4) is 5.75 Å². The van der Waals surface area contributed by atoms with Gasteiger partial charge >= 0.3 is 6.36 Å². The molecule has 0 unspecified atom stereocenters. The summed E-state index contributed by atoms with van der Waals surface area (Å²) in [7, 11) is 0. The lowest BCUT2D eigenvalue weighted by molar-refractivity contribution is -0.274. The van der Waals surface area contributed by atoms with Crippen molar-refractivity contribution in [2.24, 2.45) is 10.7 Å². The molecule has 0 bridgehead atoms. The van der Waals surface area contributed by atoms with Crippen LogP contribution in [-0.4, -0.2) is 32.1 Å². The lowest BCUT2D eigenvalue weighted by atomic mass is 10.3. The fraction of sp³-hybridized carbons (Fsp3) is 0.500. The Hall–Kier alpha value is -1.96. The molecule has 0 radical (unpaired) electrons. The molecule has 1 rings (SSSR count). The number of nitrogens with zero attached hydrogens (tertiary/aromatic N) is 1. The van der Waals surface area contributed by atoms with Crippen LogP contribution in [-0.2, 0) is 4.74 Å². The molecule has 0 amide bonds. The van der Waals surface area contributed by atoms with E-state index in [2.05, 4.69) is 15.0 Å². The maximum Gasteiger partial charge on any atom is 0.573 e. The molecule has 1 aromatic rings. The van der Waals surface area contributed by atoms with Crippen molar-refractivity contribution < 1.29 is 22.6 Å². The van der Waals surface area contributed by atoms with Crippen molar-refractivity contribution in [3.63, 3.8) is 0 Å². The minimum absolute atomic E-state index is 0.0367. The molecule has 0 saturated carbocycles. The first-order valence-corrected chi connectivity index (χ1v) is 6.92. The zero-order valence-electron chi connectivity index (χ0n) is 12.3. The molecule has 3 N–H and O–H groups in total. The number of halogens is 3. The minimum atomic E-state index is -4.76. The number of benzene rings is 1. The van der Waals surface area contributed by atoms with E-state index in [0.29, 0.717) is 19.8 Å². The van der Waals surface area contributed by atoms with Crippen LogP contribution in [0.1, 0.15) is 19.8 Å². The Labute approximate surface area is 127 Å². The van der Waals surface area contributed by atoms with Crippen LogP contribution in [0.5, 0.6) is 5.75 Å². The first kappa shape index (κ1) is 18.1. The van der Waals surface area contributed by atoms with Crippen LogP contribution in [0.2, 0.25) is 0 Å². The zero-order chi connectivity index (χ0) is 16.4. The van der Waals surface area contributed by atoms with E-state index in [1.807, 2.05) is 6.92 Å². The lowest BCUT2D eigenvalue weighted by Gasteiger charge is -2.14. The number of anilines is 1. The summed E-state index contributed by atoms with van der Waals surface area (Å²) < 4.78 is 46.0. The van der Waals surface area contributed by atoms with E-state index < -0.39 is 6.36 Å². The topological polar surface area (TPSA) is 68.9 Å². The average molecular weight is 319 g/mol. The second-order valence-corrected chi connectivity index (χ2v) is 4.34. The van der Waals surface area contributed by atoms with Gasteiger partial charge < -0.3 is 20.5 Å². The third-order valence-corrected chi connectivity index (χ3v) is 2.56. The van der Waals surface area contributed by atoms with Gasteiger partial charge in [0.15, 0.2) is 11.7 Å². The predicted octanol–water partition coefficient (Wildman–Crippen LogP) is 3.13. The number of nitrogens with one attached hydrogen (secondary N) is 1. The number of para-hydroxylation sites is 2. The molecule has 0 spiro atoms. The highest BCUT2D eigenvalue weighted by Crippen LogP contribution is 2.29. The van der Waals surface area contributed by atoms with Gasteiger partial charge in [0, 0.05) is 19.8 Å². The summed E-state index contributed by atoms with van der Waals surface area (Å²) in [5.74, 6) is -0.320. The van der Waals surface area contributed by atoms with Gasteiger partial charge in [-0.3, -0.25) is 4.99 Å². The average Bonchev–Trinajstić information content (AvgIpc) is 2.43. The van der Waals surface area contributed by atoms with E-state index >= 15 is 0 Å². The van der Waals surface area contributed by atoms with Crippen molar-refractivity contribution in [2.75, 3.05) is 25.1 Å². The number of aliphatic imine (C=N–C) groups is 1. The monoisotopic (exact) mass is 319 g/mol. The molecule has 0 aliphatic heterocycles. The molecule has 0 aliphatic rings. The smallest absolute Gasteiger partial charge is 0.404 e. The highest BCUT2D eigenvalue weighted by atomic mass is 19.4. The summed E-state index contributed by atoms with van der Waals surface area (Å²) in [5, 5.41) is 2.61. The molecule has 1 aromatic carbocycles. The summed E-state index contributed by atoms with van der Waals surface area (Å²) in [6.07, 6.45) is -3.13. The summed E-state index contributed by atoms with van der Waals surface area (Å²) in [4.78, 5) is 4.05. The summed E-state index contributed by atoms with van der Waals surface area (Å²) in [6.45, 7) is 3.71. The van der Waals surface area contributed by atoms with E-state index in [9.17, 15) is 13.2 Å². The van der Waals surface area contributed by atoms with Gasteiger partial charge in [-0.1, -0.05) is 12.1 Å². The van der Waals surface area contributed by atoms with Crippen LogP contribution >= 0.6 is 0 Å². The number of ether oxygens (including phenoxy) is 2. The summed E-state index contributed by atoms with van der Waals surface area (Å²) in [5.41, 5.74) is 5.76. The Morgan fingerprint density at radius 3 is 2.68 bits per heavy atom. The second-order valence-electron chi connectivity index (χ2n) is 4.34. The zero-order valence-corrected chi connectivity index (χ0v) is 12.3. The fourth-order valence-electron chi connectivity index (χ4n) is 1.62. The first-order valence-electron chi connectivity index (χ1n) is 6.92. The fourth-order valence-corrected chi connectivity index (χ4v) is 1.62. The van der Waals surface area contributed by atoms with Gasteiger partial charge in [-0.25, -0.2) is 0 Å². The van der Waals surface area contributed by atoms with Gasteiger partial charge in [0.05, 0.1) is 5.69 Å². The van der Waals surface area contributed by atoms with Crippen LogP contribution in [0.15, 0.2) is 29.3 Å². The predicted molar refractivity (Wildman–Crippen MR) is 79.0 cm³/mol. The molecule has 0 atom stereocenters. The Bertz CT molecular complexity index is 479. The van der Waals surface area contributed by atoms with Gasteiger partial charge in [-0.15, -0.1) is 13.2 Å². The maximum absolute atomic E-state index is 12.3. The lowest BCUT2D eigenvalue weighted by Crippen LogP contribution is -2.24. The van der Waals surface area contributed by atoms with Crippen LogP contribution in [0.3, 0.4) is 0 Å². The van der Waals surface area contributed by atoms with E-state index in [-0.39, 0.29) is 17.4 Å². The normalized spacial score (nSPS) is 12.3. The molecule has 8 heteroatoms. The first-order chi connectivity index (χ1) is 10.4. The van der Waals surface area contributed by atoms with Gasteiger partial charge in [-0.2, -0.15) is 0 Å². The minimum Gasteiger partial charge on any atom is -0.404 e. The van der Waals surface area contributed by atoms with Crippen LogP contribution in [0.4, 0.5) is 18.9 Å². The van der Waals surface area contributed by atoms with Gasteiger partial charge in [0.25, 0.3) is 0 Å². The molecule has 0 saturated heterocycles. The summed E-state index contributed by atoms with van der Waals surface area (Å²) >= 11 is 0. The Morgan fingerprint density at radius 2 is 2.00 bits per heavy atom. The highest BCUT2D eigenvalue weighted by molar-refractivity contribution is 5.93. The number of alkyl halides is 3. The molecule has 22 heavy (non-hydrogen) atoms. The Morgan fingerprint density at radius 1 is 1.27 bits per heavy atom. The number of guanidine groups is 1. The van der Waals surface area contributed by atoms with Gasteiger partial charge in [0.2, 0.25) is 0 Å². The van der Waals surface area contributed by atoms with E-state index in [4.69, 9.17) is 10.5 Å². The van der Waals surface area contributed by atoms with Crippen molar-refractivity contribution in [1.82, 2.24) is 0 Å². The number of hydrogen-bond acceptors (Lipinski definition) is 3. The second kappa shape index (κ2) is 9.14. The SMILES string of the molecule is CCOCCCCN=C(N)Nc1ccccc1OC(F)(F)F. The highest BCUT2D eigenvalue weighted by Gasteiger charge is 2.32. The Balaban J connectivity index is 2.51. The number of nitrogens with two attached hydrogens (primary N) is 1. The quantitative estimate of drug-likeness (QED) is 0.439. The van der Waals surface area contributed by atoms with E-state index in [0.717, 1.165) is 12.8 Å². The molecule has 0 heterocycles. The standard InChI is InChI=1S/C14H20F3N3O2/c1-2-21-10-6-5-9-19-13(18)20-11-7-3-4-8-12(11)22-14(15,16)17/h3-4,7-8H,2,5-6,9-10H2,1H3,(H3,18,19,20). The van der Waals surface area contributed by atoms with Gasteiger partial charge in [0.1, 0.15) is 0 Å². The Kier molecular flexibility index (Phi) is 7.51. The van der Waals surface area contributed by atoms with E-state index in [1.165, 1.54) is 18.2 Å². The molecule has 0 fully saturated rings. The summed E-state index contributed by atoms with van der Waals surface area (Å²) in [6, 6.07) is 5.64. The number of hydrogen-bond donors (Lipinski definition) is 2. The van der Waals surface area contributed by atoms with Crippen molar-refractivity contribution in [3.05, 3.63) is 24.3 Å². The van der Waals surface area contributed by atoms with Crippen molar-refractivity contribution in [2.45, 2.75) is 26.1 Å². The van der Waals surface area contributed by atoms with Crippen molar-refractivity contribution >= 4 is 11.6 Å². The molecular weight excluding hydrogens is 299 g/mol. The molecule has 0 aromatic heterocycles. The van der Waals surface area contributed by atoms with Crippen molar-refractivity contribution in [1.29, 1.82) is 0 Å². The third kappa shape index (κ3) is 7.72. The third-order valence-electron chi connectivity index (χ3n) is 2.56. The number of unbranched alkanes of at least 4 members (excludes halogenated alkanes) is 1.